The van der Waals surface area contributed by atoms with Crippen LogP contribution in [-0.2, 0) is 9.78 Å². The van der Waals surface area contributed by atoms with Gasteiger partial charge in [-0.2, -0.15) is 0 Å². The maximum absolute atomic E-state index is 8.84. The fourth-order valence-corrected chi connectivity index (χ4v) is 3.27. The van der Waals surface area contributed by atoms with Gasteiger partial charge in [-0.3, -0.25) is 0 Å². The van der Waals surface area contributed by atoms with E-state index in [4.69, 9.17) is 10.5 Å². The molecule has 4 heteroatoms. The largest absolute Gasteiger partial charge is 0.249 e. The predicted octanol–water partition coefficient (Wildman–Crippen LogP) is 2.36. The van der Waals surface area contributed by atoms with Gasteiger partial charge in [-0.05, 0) is 23.7 Å². The molecular weight excluding hydrogens is 184 g/mol. The van der Waals surface area contributed by atoms with Crippen molar-refractivity contribution in [3.8, 4) is 0 Å². The molecule has 2 rings (SSSR count). The standard InChI is InChI=1S/C10H18O4/c1-6(2)9-4-8(9)7(3)10(5-9,13-11)14-12/h6-8,11-12H,4-5H2,1-3H3/t7-,8+,9-/m0/s1. The second kappa shape index (κ2) is 2.92. The molecule has 0 bridgehead atoms. The summed E-state index contributed by atoms with van der Waals surface area (Å²) in [6, 6.07) is 0. The van der Waals surface area contributed by atoms with Crippen LogP contribution in [0.5, 0.6) is 0 Å². The van der Waals surface area contributed by atoms with Gasteiger partial charge in [0.15, 0.2) is 0 Å². The van der Waals surface area contributed by atoms with E-state index in [1.165, 1.54) is 0 Å². The predicted molar refractivity (Wildman–Crippen MR) is 49.3 cm³/mol. The van der Waals surface area contributed by atoms with Crippen LogP contribution < -0.4 is 0 Å². The number of hydrogen-bond donors (Lipinski definition) is 2. The Morgan fingerprint density at radius 2 is 1.86 bits per heavy atom. The Labute approximate surface area is 83.7 Å². The molecule has 2 saturated carbocycles. The van der Waals surface area contributed by atoms with Gasteiger partial charge in [0.25, 0.3) is 0 Å². The van der Waals surface area contributed by atoms with E-state index >= 15 is 0 Å². The molecule has 2 aliphatic rings. The zero-order valence-electron chi connectivity index (χ0n) is 8.86. The molecule has 0 radical (unpaired) electrons. The molecule has 0 amide bonds. The van der Waals surface area contributed by atoms with E-state index in [9.17, 15) is 0 Å². The SMILES string of the molecule is CC(C)[C@@]12C[C@@H]1[C@H](C)C(OO)(OO)C2. The molecule has 0 saturated heterocycles. The summed E-state index contributed by atoms with van der Waals surface area (Å²) < 4.78 is 0. The molecule has 14 heavy (non-hydrogen) atoms. The van der Waals surface area contributed by atoms with E-state index in [1.54, 1.807) is 0 Å². The van der Waals surface area contributed by atoms with Gasteiger partial charge in [-0.15, -0.1) is 0 Å². The van der Waals surface area contributed by atoms with Crippen molar-refractivity contribution >= 4 is 0 Å². The molecule has 2 fully saturated rings. The fourth-order valence-electron chi connectivity index (χ4n) is 3.27. The number of rotatable bonds is 3. The first-order valence-electron chi connectivity index (χ1n) is 5.17. The molecule has 4 nitrogen and oxygen atoms in total. The van der Waals surface area contributed by atoms with E-state index in [0.29, 0.717) is 18.3 Å². The molecule has 0 unspecified atom stereocenters. The van der Waals surface area contributed by atoms with Crippen molar-refractivity contribution in [2.75, 3.05) is 0 Å². The van der Waals surface area contributed by atoms with Crippen molar-refractivity contribution < 1.29 is 20.3 Å². The van der Waals surface area contributed by atoms with E-state index in [-0.39, 0.29) is 11.3 Å². The highest BCUT2D eigenvalue weighted by molar-refractivity contribution is 5.16. The third kappa shape index (κ3) is 1.03. The molecular formula is C10H18O4. The minimum absolute atomic E-state index is 0.0416. The van der Waals surface area contributed by atoms with E-state index < -0.39 is 5.79 Å². The van der Waals surface area contributed by atoms with Crippen LogP contribution in [0.3, 0.4) is 0 Å². The molecule has 2 aliphatic carbocycles. The summed E-state index contributed by atoms with van der Waals surface area (Å²) in [6.07, 6.45) is 1.73. The normalized spacial score (nSPS) is 44.1. The van der Waals surface area contributed by atoms with Crippen LogP contribution in [0.25, 0.3) is 0 Å². The molecule has 0 aromatic heterocycles. The highest BCUT2D eigenvalue weighted by Gasteiger charge is 2.72. The second-order valence-corrected chi connectivity index (χ2v) is 5.16. The van der Waals surface area contributed by atoms with Crippen LogP contribution in [0.2, 0.25) is 0 Å². The van der Waals surface area contributed by atoms with Gasteiger partial charge in [-0.25, -0.2) is 20.3 Å². The van der Waals surface area contributed by atoms with Gasteiger partial charge in [0, 0.05) is 12.3 Å². The lowest BCUT2D eigenvalue weighted by atomic mass is 9.89. The zero-order chi connectivity index (χ0) is 10.6. The Kier molecular flexibility index (Phi) is 2.16. The van der Waals surface area contributed by atoms with Gasteiger partial charge >= 0.3 is 0 Å². The smallest absolute Gasteiger partial charge is 0.236 e. The van der Waals surface area contributed by atoms with E-state index in [1.807, 2.05) is 6.92 Å². The van der Waals surface area contributed by atoms with Crippen molar-refractivity contribution in [2.45, 2.75) is 39.4 Å². The summed E-state index contributed by atoms with van der Waals surface area (Å²) in [7, 11) is 0. The lowest BCUT2D eigenvalue weighted by molar-refractivity contribution is -0.498. The Morgan fingerprint density at radius 1 is 1.29 bits per heavy atom. The molecule has 0 spiro atoms. The average Bonchev–Trinajstić information content (AvgIpc) is 2.84. The maximum Gasteiger partial charge on any atom is 0.236 e. The van der Waals surface area contributed by atoms with Crippen molar-refractivity contribution in [2.24, 2.45) is 23.2 Å². The second-order valence-electron chi connectivity index (χ2n) is 5.16. The zero-order valence-corrected chi connectivity index (χ0v) is 8.86. The topological polar surface area (TPSA) is 58.9 Å². The van der Waals surface area contributed by atoms with E-state index in [0.717, 1.165) is 6.42 Å². The summed E-state index contributed by atoms with van der Waals surface area (Å²) in [5.74, 6) is -0.114. The van der Waals surface area contributed by atoms with Crippen molar-refractivity contribution in [1.82, 2.24) is 0 Å². The van der Waals surface area contributed by atoms with Gasteiger partial charge in [0.05, 0.1) is 0 Å². The average molecular weight is 202 g/mol. The van der Waals surface area contributed by atoms with Crippen LogP contribution in [-0.4, -0.2) is 16.3 Å². The first kappa shape index (κ1) is 10.4. The van der Waals surface area contributed by atoms with Gasteiger partial charge in [0.1, 0.15) is 0 Å². The maximum atomic E-state index is 8.84. The van der Waals surface area contributed by atoms with Crippen molar-refractivity contribution in [3.63, 3.8) is 0 Å². The molecule has 3 atom stereocenters. The molecule has 0 aromatic rings. The summed E-state index contributed by atoms with van der Waals surface area (Å²) in [6.45, 7) is 6.28. The van der Waals surface area contributed by atoms with Crippen LogP contribution in [0.1, 0.15) is 33.6 Å². The van der Waals surface area contributed by atoms with Gasteiger partial charge < -0.3 is 0 Å². The summed E-state index contributed by atoms with van der Waals surface area (Å²) in [5.41, 5.74) is 0.199. The third-order valence-electron chi connectivity index (χ3n) is 4.51. The van der Waals surface area contributed by atoms with Gasteiger partial charge in [-0.1, -0.05) is 20.8 Å². The minimum atomic E-state index is -1.19. The molecule has 82 valence electrons. The first-order chi connectivity index (χ1) is 6.52. The molecule has 0 aliphatic heterocycles. The van der Waals surface area contributed by atoms with Crippen molar-refractivity contribution in [1.29, 1.82) is 0 Å². The Balaban J connectivity index is 2.21. The van der Waals surface area contributed by atoms with Crippen LogP contribution in [0, 0.1) is 23.2 Å². The molecule has 2 N–H and O–H groups in total. The summed E-state index contributed by atoms with van der Waals surface area (Å²) in [5, 5.41) is 17.7. The Bertz CT molecular complexity index is 236. The minimum Gasteiger partial charge on any atom is -0.249 e. The highest BCUT2D eigenvalue weighted by Crippen LogP contribution is 2.72. The van der Waals surface area contributed by atoms with Crippen LogP contribution in [0.4, 0.5) is 0 Å². The number of hydrogen-bond acceptors (Lipinski definition) is 4. The fraction of sp³-hybridized carbons (Fsp3) is 1.00. The Hall–Kier alpha value is -0.160. The third-order valence-corrected chi connectivity index (χ3v) is 4.51. The highest BCUT2D eigenvalue weighted by atomic mass is 17.2. The first-order valence-corrected chi connectivity index (χ1v) is 5.17. The lowest BCUT2D eigenvalue weighted by Gasteiger charge is -2.29. The molecule has 0 aromatic carbocycles. The van der Waals surface area contributed by atoms with Crippen molar-refractivity contribution in [3.05, 3.63) is 0 Å². The van der Waals surface area contributed by atoms with Crippen LogP contribution >= 0.6 is 0 Å². The summed E-state index contributed by atoms with van der Waals surface area (Å²) in [4.78, 5) is 8.73. The quantitative estimate of drug-likeness (QED) is 0.419. The molecule has 0 heterocycles. The number of fused-ring (bicyclic) bond motifs is 1. The lowest BCUT2D eigenvalue weighted by Crippen LogP contribution is -2.39. The summed E-state index contributed by atoms with van der Waals surface area (Å²) >= 11 is 0. The van der Waals surface area contributed by atoms with Crippen LogP contribution in [0.15, 0.2) is 0 Å². The monoisotopic (exact) mass is 202 g/mol. The Morgan fingerprint density at radius 3 is 2.14 bits per heavy atom. The van der Waals surface area contributed by atoms with E-state index in [2.05, 4.69) is 23.6 Å². The van der Waals surface area contributed by atoms with Gasteiger partial charge in [0.2, 0.25) is 5.79 Å².